The number of hydrogen-bond acceptors (Lipinski definition) is 2. The second-order valence-corrected chi connectivity index (χ2v) is 5.04. The van der Waals surface area contributed by atoms with Gasteiger partial charge < -0.3 is 5.32 Å². The third-order valence-corrected chi connectivity index (χ3v) is 3.32. The van der Waals surface area contributed by atoms with Crippen molar-refractivity contribution in [2.75, 3.05) is 5.32 Å². The van der Waals surface area contributed by atoms with E-state index in [2.05, 4.69) is 21.2 Å². The molecule has 2 aromatic rings. The Labute approximate surface area is 123 Å². The Morgan fingerprint density at radius 1 is 1.10 bits per heavy atom. The number of amides is 1. The smallest absolute Gasteiger partial charge is 0.221 e. The predicted molar refractivity (Wildman–Crippen MR) is 78.3 cm³/mol. The zero-order valence-electron chi connectivity index (χ0n) is 10.6. The van der Waals surface area contributed by atoms with E-state index < -0.39 is 11.6 Å². The van der Waals surface area contributed by atoms with Crippen molar-refractivity contribution < 1.29 is 14.0 Å². The first-order chi connectivity index (χ1) is 9.49. The number of hydrogen-bond donors (Lipinski definition) is 1. The third kappa shape index (κ3) is 3.11. The van der Waals surface area contributed by atoms with Gasteiger partial charge in [0.25, 0.3) is 0 Å². The summed E-state index contributed by atoms with van der Waals surface area (Å²) < 4.78 is 14.1. The van der Waals surface area contributed by atoms with Gasteiger partial charge in [-0.05, 0) is 52.3 Å². The molecule has 0 atom stereocenters. The van der Waals surface area contributed by atoms with Crippen LogP contribution in [0.2, 0.25) is 0 Å². The normalized spacial score (nSPS) is 10.2. The van der Waals surface area contributed by atoms with Gasteiger partial charge in [-0.15, -0.1) is 0 Å². The highest BCUT2D eigenvalue weighted by atomic mass is 79.9. The Hall–Kier alpha value is -2.01. The molecular formula is C15H11BrFNO2. The fourth-order valence-electron chi connectivity index (χ4n) is 1.77. The topological polar surface area (TPSA) is 46.2 Å². The van der Waals surface area contributed by atoms with E-state index in [-0.39, 0.29) is 11.5 Å². The largest absolute Gasteiger partial charge is 0.326 e. The van der Waals surface area contributed by atoms with Crippen LogP contribution in [-0.2, 0) is 4.79 Å². The van der Waals surface area contributed by atoms with Crippen molar-refractivity contribution >= 4 is 33.3 Å². The van der Waals surface area contributed by atoms with Crippen molar-refractivity contribution in [1.29, 1.82) is 0 Å². The van der Waals surface area contributed by atoms with Gasteiger partial charge in [-0.25, -0.2) is 4.39 Å². The van der Waals surface area contributed by atoms with Crippen molar-refractivity contribution in [3.05, 3.63) is 63.9 Å². The van der Waals surface area contributed by atoms with Gasteiger partial charge >= 0.3 is 0 Å². The molecule has 1 amide bonds. The molecule has 0 saturated carbocycles. The molecule has 0 fully saturated rings. The molecule has 20 heavy (non-hydrogen) atoms. The van der Waals surface area contributed by atoms with Crippen LogP contribution in [0, 0.1) is 5.82 Å². The van der Waals surface area contributed by atoms with E-state index >= 15 is 0 Å². The molecule has 2 aromatic carbocycles. The molecule has 0 radical (unpaired) electrons. The first-order valence-corrected chi connectivity index (χ1v) is 6.64. The van der Waals surface area contributed by atoms with Crippen molar-refractivity contribution in [2.45, 2.75) is 6.92 Å². The van der Waals surface area contributed by atoms with Crippen LogP contribution in [0.1, 0.15) is 22.8 Å². The zero-order valence-corrected chi connectivity index (χ0v) is 12.2. The molecule has 0 aliphatic rings. The molecule has 1 N–H and O–H groups in total. The molecule has 102 valence electrons. The van der Waals surface area contributed by atoms with Gasteiger partial charge in [-0.2, -0.15) is 0 Å². The van der Waals surface area contributed by atoms with Gasteiger partial charge in [-0.3, -0.25) is 9.59 Å². The highest BCUT2D eigenvalue weighted by molar-refractivity contribution is 9.10. The van der Waals surface area contributed by atoms with E-state index in [1.54, 1.807) is 30.3 Å². The highest BCUT2D eigenvalue weighted by Crippen LogP contribution is 2.23. The van der Waals surface area contributed by atoms with Gasteiger partial charge in [0.2, 0.25) is 5.91 Å². The van der Waals surface area contributed by atoms with Crippen molar-refractivity contribution in [3.63, 3.8) is 0 Å². The molecule has 0 aliphatic heterocycles. The number of ketones is 1. The number of rotatable bonds is 3. The minimum absolute atomic E-state index is 0.000206. The summed E-state index contributed by atoms with van der Waals surface area (Å²) in [6, 6.07) is 10.7. The van der Waals surface area contributed by atoms with Crippen LogP contribution in [0.3, 0.4) is 0 Å². The van der Waals surface area contributed by atoms with Crippen molar-refractivity contribution in [1.82, 2.24) is 0 Å². The van der Waals surface area contributed by atoms with E-state index in [0.29, 0.717) is 15.7 Å². The summed E-state index contributed by atoms with van der Waals surface area (Å²) in [6.07, 6.45) is 0. The van der Waals surface area contributed by atoms with Crippen LogP contribution in [0.15, 0.2) is 46.9 Å². The van der Waals surface area contributed by atoms with Gasteiger partial charge in [0.1, 0.15) is 5.82 Å². The number of halogens is 2. The lowest BCUT2D eigenvalue weighted by molar-refractivity contribution is -0.114. The monoisotopic (exact) mass is 335 g/mol. The number of benzene rings is 2. The van der Waals surface area contributed by atoms with E-state index in [1.165, 1.54) is 19.1 Å². The summed E-state index contributed by atoms with van der Waals surface area (Å²) >= 11 is 3.17. The SMILES string of the molecule is CC(=O)Nc1ccc(C(=O)c2c(F)cccc2Br)cc1. The second kappa shape index (κ2) is 5.96. The highest BCUT2D eigenvalue weighted by Gasteiger charge is 2.17. The molecule has 0 unspecified atom stereocenters. The summed E-state index contributed by atoms with van der Waals surface area (Å²) in [6.45, 7) is 1.40. The van der Waals surface area contributed by atoms with E-state index in [9.17, 15) is 14.0 Å². The summed E-state index contributed by atoms with van der Waals surface area (Å²) in [5.74, 6) is -1.18. The van der Waals surface area contributed by atoms with Crippen LogP contribution >= 0.6 is 15.9 Å². The molecular weight excluding hydrogens is 325 g/mol. The zero-order chi connectivity index (χ0) is 14.7. The lowest BCUT2D eigenvalue weighted by Gasteiger charge is -2.06. The average molecular weight is 336 g/mol. The molecule has 0 aromatic heterocycles. The minimum atomic E-state index is -0.574. The molecule has 5 heteroatoms. The molecule has 3 nitrogen and oxygen atoms in total. The number of anilines is 1. The minimum Gasteiger partial charge on any atom is -0.326 e. The van der Waals surface area contributed by atoms with Crippen molar-refractivity contribution in [2.24, 2.45) is 0 Å². The van der Waals surface area contributed by atoms with Gasteiger partial charge in [-0.1, -0.05) is 6.07 Å². The van der Waals surface area contributed by atoms with E-state index in [0.717, 1.165) is 0 Å². The quantitative estimate of drug-likeness (QED) is 0.867. The molecule has 0 aliphatic carbocycles. The Bertz CT molecular complexity index is 648. The molecule has 0 heterocycles. The Balaban J connectivity index is 2.32. The maximum atomic E-state index is 13.7. The van der Waals surface area contributed by atoms with Crippen molar-refractivity contribution in [3.8, 4) is 0 Å². The van der Waals surface area contributed by atoms with Crippen LogP contribution < -0.4 is 5.32 Å². The summed E-state index contributed by atoms with van der Waals surface area (Å²) in [5, 5.41) is 2.60. The first kappa shape index (κ1) is 14.4. The molecule has 0 saturated heterocycles. The van der Waals surface area contributed by atoms with Gasteiger partial charge in [0.15, 0.2) is 5.78 Å². The maximum Gasteiger partial charge on any atom is 0.221 e. The lowest BCUT2D eigenvalue weighted by Crippen LogP contribution is -2.07. The van der Waals surface area contributed by atoms with Crippen LogP contribution in [0.4, 0.5) is 10.1 Å². The van der Waals surface area contributed by atoms with Crippen LogP contribution in [0.5, 0.6) is 0 Å². The third-order valence-electron chi connectivity index (χ3n) is 2.66. The van der Waals surface area contributed by atoms with Gasteiger partial charge in [0.05, 0.1) is 5.56 Å². The maximum absolute atomic E-state index is 13.7. The van der Waals surface area contributed by atoms with Crippen LogP contribution in [-0.4, -0.2) is 11.7 Å². The summed E-state index contributed by atoms with van der Waals surface area (Å²) in [7, 11) is 0. The number of nitrogens with one attached hydrogen (secondary N) is 1. The fraction of sp³-hybridized carbons (Fsp3) is 0.0667. The molecule has 0 spiro atoms. The second-order valence-electron chi connectivity index (χ2n) is 4.18. The van der Waals surface area contributed by atoms with E-state index in [1.807, 2.05) is 0 Å². The Kier molecular flexibility index (Phi) is 4.29. The van der Waals surface area contributed by atoms with E-state index in [4.69, 9.17) is 0 Å². The number of carbonyl (C=O) groups is 2. The molecule has 2 rings (SSSR count). The Morgan fingerprint density at radius 2 is 1.75 bits per heavy atom. The standard InChI is InChI=1S/C15H11BrFNO2/c1-9(19)18-11-7-5-10(6-8-11)15(20)14-12(16)3-2-4-13(14)17/h2-8H,1H3,(H,18,19). The predicted octanol–water partition coefficient (Wildman–Crippen LogP) is 3.78. The van der Waals surface area contributed by atoms with Gasteiger partial charge in [0, 0.05) is 22.6 Å². The van der Waals surface area contributed by atoms with Crippen LogP contribution in [0.25, 0.3) is 0 Å². The summed E-state index contributed by atoms with van der Waals surface area (Å²) in [4.78, 5) is 23.2. The first-order valence-electron chi connectivity index (χ1n) is 5.85. The lowest BCUT2D eigenvalue weighted by atomic mass is 10.0. The summed E-state index contributed by atoms with van der Waals surface area (Å²) in [5.41, 5.74) is 0.936. The fourth-order valence-corrected chi connectivity index (χ4v) is 2.29. The average Bonchev–Trinajstić information content (AvgIpc) is 2.38. The Morgan fingerprint density at radius 3 is 2.30 bits per heavy atom. The molecule has 0 bridgehead atoms. The number of carbonyl (C=O) groups excluding carboxylic acids is 2.